The fraction of sp³-hybridized carbons (Fsp3) is 0.0588. The van der Waals surface area contributed by atoms with E-state index in [9.17, 15) is 14.9 Å². The Balaban J connectivity index is 1.83. The Bertz CT molecular complexity index is 972. The maximum atomic E-state index is 12.3. The molecule has 0 N–H and O–H groups in total. The molecule has 1 aromatic heterocycles. The molecule has 7 nitrogen and oxygen atoms in total. The lowest BCUT2D eigenvalue weighted by Gasteiger charge is -2.05. The molecule has 3 aromatic rings. The highest BCUT2D eigenvalue weighted by molar-refractivity contribution is 7.13. The molecule has 0 bridgehead atoms. The van der Waals surface area contributed by atoms with Crippen molar-refractivity contribution in [3.05, 3.63) is 68.7 Å². The van der Waals surface area contributed by atoms with Crippen LogP contribution in [0.5, 0.6) is 11.5 Å². The number of esters is 1. The summed E-state index contributed by atoms with van der Waals surface area (Å²) in [6.45, 7) is 0. The van der Waals surface area contributed by atoms with Crippen LogP contribution < -0.4 is 9.47 Å². The van der Waals surface area contributed by atoms with Crippen molar-refractivity contribution in [2.24, 2.45) is 0 Å². The fourth-order valence-corrected chi connectivity index (χ4v) is 3.02. The molecular formula is C17H11ClN2O5S. The van der Waals surface area contributed by atoms with Gasteiger partial charge in [-0.2, -0.15) is 0 Å². The topological polar surface area (TPSA) is 91.6 Å². The van der Waals surface area contributed by atoms with Crippen molar-refractivity contribution in [2.45, 2.75) is 0 Å². The molecule has 3 rings (SSSR count). The molecule has 132 valence electrons. The number of hydrogen-bond donors (Lipinski definition) is 0. The van der Waals surface area contributed by atoms with Gasteiger partial charge in [-0.05, 0) is 24.3 Å². The van der Waals surface area contributed by atoms with Crippen LogP contribution in [0, 0.1) is 10.1 Å². The van der Waals surface area contributed by atoms with Gasteiger partial charge in [-0.15, -0.1) is 11.3 Å². The smallest absolute Gasteiger partial charge is 0.363 e. The van der Waals surface area contributed by atoms with Crippen LogP contribution in [0.4, 0.5) is 5.69 Å². The predicted octanol–water partition coefficient (Wildman–Crippen LogP) is 4.60. The number of rotatable bonds is 5. The van der Waals surface area contributed by atoms with E-state index in [0.29, 0.717) is 10.0 Å². The van der Waals surface area contributed by atoms with Crippen LogP contribution in [0.1, 0.15) is 10.5 Å². The Hall–Kier alpha value is -2.97. The summed E-state index contributed by atoms with van der Waals surface area (Å²) in [6, 6.07) is 11.0. The number of hydrogen-bond acceptors (Lipinski definition) is 7. The Kier molecular flexibility index (Phi) is 5.15. The van der Waals surface area contributed by atoms with E-state index in [-0.39, 0.29) is 22.9 Å². The minimum Gasteiger partial charge on any atom is -0.496 e. The Morgan fingerprint density at radius 1 is 1.23 bits per heavy atom. The van der Waals surface area contributed by atoms with Gasteiger partial charge >= 0.3 is 11.7 Å². The van der Waals surface area contributed by atoms with Crippen LogP contribution in [0.25, 0.3) is 10.6 Å². The zero-order valence-electron chi connectivity index (χ0n) is 13.3. The quantitative estimate of drug-likeness (QED) is 0.273. The maximum Gasteiger partial charge on any atom is 0.363 e. The summed E-state index contributed by atoms with van der Waals surface area (Å²) in [4.78, 5) is 27.0. The van der Waals surface area contributed by atoms with Gasteiger partial charge < -0.3 is 9.47 Å². The number of ether oxygens (including phenoxy) is 2. The lowest BCUT2D eigenvalue weighted by molar-refractivity contribution is -0.385. The second-order valence-corrected chi connectivity index (χ2v) is 6.32. The average Bonchev–Trinajstić information content (AvgIpc) is 3.12. The molecule has 0 atom stereocenters. The summed E-state index contributed by atoms with van der Waals surface area (Å²) < 4.78 is 10.1. The van der Waals surface area contributed by atoms with E-state index >= 15 is 0 Å². The zero-order valence-corrected chi connectivity index (χ0v) is 14.9. The largest absolute Gasteiger partial charge is 0.496 e. The number of nitro benzene ring substituents is 1. The summed E-state index contributed by atoms with van der Waals surface area (Å²) in [5.74, 6) is -0.674. The Morgan fingerprint density at radius 3 is 2.62 bits per heavy atom. The van der Waals surface area contributed by atoms with E-state index in [1.54, 1.807) is 24.3 Å². The number of benzene rings is 2. The minimum atomic E-state index is -0.783. The van der Waals surface area contributed by atoms with E-state index in [2.05, 4.69) is 4.98 Å². The molecule has 0 aliphatic heterocycles. The Morgan fingerprint density at radius 2 is 1.96 bits per heavy atom. The van der Waals surface area contributed by atoms with Crippen molar-refractivity contribution < 1.29 is 19.2 Å². The molecule has 2 aromatic carbocycles. The van der Waals surface area contributed by atoms with Gasteiger partial charge in [0.2, 0.25) is 5.75 Å². The molecule has 0 saturated carbocycles. The van der Waals surface area contributed by atoms with E-state index in [0.717, 1.165) is 5.56 Å². The molecule has 0 fully saturated rings. The molecule has 0 unspecified atom stereocenters. The van der Waals surface area contributed by atoms with E-state index in [1.165, 1.54) is 42.0 Å². The van der Waals surface area contributed by atoms with Crippen molar-refractivity contribution >= 4 is 34.6 Å². The second-order valence-electron chi connectivity index (χ2n) is 5.03. The molecular weight excluding hydrogens is 380 g/mol. The van der Waals surface area contributed by atoms with Crippen LogP contribution in [0.3, 0.4) is 0 Å². The highest BCUT2D eigenvalue weighted by atomic mass is 35.5. The minimum absolute atomic E-state index is 0.0602. The van der Waals surface area contributed by atoms with Crippen LogP contribution in [-0.2, 0) is 0 Å². The number of carbonyl (C=O) groups is 1. The predicted molar refractivity (Wildman–Crippen MR) is 97.2 cm³/mol. The second kappa shape index (κ2) is 7.51. The molecule has 0 radical (unpaired) electrons. The van der Waals surface area contributed by atoms with Gasteiger partial charge in [0.25, 0.3) is 0 Å². The van der Waals surface area contributed by atoms with Crippen molar-refractivity contribution in [1.82, 2.24) is 4.98 Å². The highest BCUT2D eigenvalue weighted by Gasteiger charge is 2.21. The van der Waals surface area contributed by atoms with Gasteiger partial charge in [0.1, 0.15) is 10.8 Å². The van der Waals surface area contributed by atoms with Gasteiger partial charge in [-0.3, -0.25) is 10.1 Å². The van der Waals surface area contributed by atoms with E-state index < -0.39 is 10.9 Å². The van der Waals surface area contributed by atoms with Crippen molar-refractivity contribution in [2.75, 3.05) is 7.11 Å². The average molecular weight is 391 g/mol. The van der Waals surface area contributed by atoms with Crippen molar-refractivity contribution in [1.29, 1.82) is 0 Å². The summed E-state index contributed by atoms with van der Waals surface area (Å²) >= 11 is 7.11. The normalized spacial score (nSPS) is 10.4. The lowest BCUT2D eigenvalue weighted by atomic mass is 10.2. The number of halogens is 1. The molecule has 0 saturated heterocycles. The van der Waals surface area contributed by atoms with Gasteiger partial charge in [0, 0.05) is 16.0 Å². The summed E-state index contributed by atoms with van der Waals surface area (Å²) in [5, 5.41) is 13.9. The Labute approximate surface area is 156 Å². The monoisotopic (exact) mass is 390 g/mol. The first kappa shape index (κ1) is 17.8. The number of nitro groups is 1. The van der Waals surface area contributed by atoms with Crippen molar-refractivity contribution in [3.63, 3.8) is 0 Å². The number of methoxy groups -OCH3 is 1. The third-order valence-electron chi connectivity index (χ3n) is 3.37. The maximum absolute atomic E-state index is 12.3. The summed E-state index contributed by atoms with van der Waals surface area (Å²) in [5.41, 5.74) is 0.491. The molecule has 26 heavy (non-hydrogen) atoms. The van der Waals surface area contributed by atoms with Gasteiger partial charge in [0.05, 0.1) is 18.1 Å². The first-order chi connectivity index (χ1) is 12.5. The lowest BCUT2D eigenvalue weighted by Crippen LogP contribution is -2.10. The molecule has 0 amide bonds. The molecule has 0 aliphatic rings. The van der Waals surface area contributed by atoms with Crippen LogP contribution in [-0.4, -0.2) is 23.0 Å². The molecule has 0 spiro atoms. The first-order valence-electron chi connectivity index (χ1n) is 7.24. The summed E-state index contributed by atoms with van der Waals surface area (Å²) in [7, 11) is 1.39. The van der Waals surface area contributed by atoms with E-state index in [1.807, 2.05) is 0 Å². The van der Waals surface area contributed by atoms with Crippen LogP contribution in [0.15, 0.2) is 47.8 Å². The number of thiazole rings is 1. The third kappa shape index (κ3) is 3.81. The van der Waals surface area contributed by atoms with Gasteiger partial charge in [0.15, 0.2) is 5.69 Å². The zero-order chi connectivity index (χ0) is 18.7. The van der Waals surface area contributed by atoms with Crippen molar-refractivity contribution in [3.8, 4) is 22.1 Å². The number of aromatic nitrogens is 1. The third-order valence-corrected chi connectivity index (χ3v) is 4.51. The van der Waals surface area contributed by atoms with Gasteiger partial charge in [-0.1, -0.05) is 23.7 Å². The first-order valence-corrected chi connectivity index (χ1v) is 8.50. The fourth-order valence-electron chi connectivity index (χ4n) is 2.10. The molecule has 1 heterocycles. The van der Waals surface area contributed by atoms with Crippen LogP contribution >= 0.6 is 22.9 Å². The standard InChI is InChI=1S/C17H11ClN2O5S/c1-24-12-6-7-15(14(8-12)20(22)23)25-17(21)13-9-26-16(19-13)10-2-4-11(18)5-3-10/h2-9H,1H3. The number of carbonyl (C=O) groups excluding carboxylic acids is 1. The molecule has 0 aliphatic carbocycles. The summed E-state index contributed by atoms with van der Waals surface area (Å²) in [6.07, 6.45) is 0. The number of nitrogens with zero attached hydrogens (tertiary/aromatic N) is 2. The highest BCUT2D eigenvalue weighted by Crippen LogP contribution is 2.32. The van der Waals surface area contributed by atoms with Crippen LogP contribution in [0.2, 0.25) is 5.02 Å². The SMILES string of the molecule is COc1ccc(OC(=O)c2csc(-c3ccc(Cl)cc3)n2)c([N+](=O)[O-])c1. The van der Waals surface area contributed by atoms with Gasteiger partial charge in [-0.25, -0.2) is 9.78 Å². The molecule has 9 heteroatoms. The van der Waals surface area contributed by atoms with E-state index in [4.69, 9.17) is 21.1 Å².